The number of thioether (sulfide) groups is 1. The van der Waals surface area contributed by atoms with E-state index in [2.05, 4.69) is 19.2 Å². The van der Waals surface area contributed by atoms with Crippen molar-refractivity contribution in [1.82, 2.24) is 4.90 Å². The number of nitrogens with one attached hydrogen (secondary N) is 1. The van der Waals surface area contributed by atoms with Crippen molar-refractivity contribution in [3.05, 3.63) is 87.3 Å². The van der Waals surface area contributed by atoms with Gasteiger partial charge in [-0.15, -0.1) is 0 Å². The Morgan fingerprint density at radius 2 is 1.71 bits per heavy atom. The fourth-order valence-electron chi connectivity index (χ4n) is 4.39. The molecule has 0 aromatic heterocycles. The number of hydrogen-bond donors (Lipinski definition) is 1. The number of nitrogens with zero attached hydrogens (tertiary/aromatic N) is 1. The number of imide groups is 1. The molecule has 1 N–H and O–H groups in total. The smallest absolute Gasteiger partial charge is 0.293 e. The predicted octanol–water partition coefficient (Wildman–Crippen LogP) is 6.88. The average Bonchev–Trinajstić information content (AvgIpc) is 3.21. The zero-order valence-corrected chi connectivity index (χ0v) is 25.6. The van der Waals surface area contributed by atoms with Crippen LogP contribution < -0.4 is 19.5 Å². The van der Waals surface area contributed by atoms with Crippen LogP contribution in [0.1, 0.15) is 47.6 Å². The minimum absolute atomic E-state index is 0.147. The summed E-state index contributed by atoms with van der Waals surface area (Å²) in [5, 5.41) is 2.48. The number of ether oxygens (including phenoxy) is 3. The Morgan fingerprint density at radius 1 is 0.929 bits per heavy atom. The number of benzene rings is 3. The Kier molecular flexibility index (Phi) is 9.96. The molecule has 3 aromatic carbocycles. The number of aryl methyl sites for hydroxylation is 3. The van der Waals surface area contributed by atoms with E-state index in [9.17, 15) is 14.4 Å². The molecule has 1 heterocycles. The monoisotopic (exact) mass is 588 g/mol. The quantitative estimate of drug-likeness (QED) is 0.244. The minimum Gasteiger partial charge on any atom is -0.493 e. The third kappa shape index (κ3) is 7.53. The highest BCUT2D eigenvalue weighted by atomic mass is 32.2. The van der Waals surface area contributed by atoms with Crippen molar-refractivity contribution in [2.75, 3.05) is 32.2 Å². The van der Waals surface area contributed by atoms with Crippen molar-refractivity contribution >= 4 is 40.6 Å². The highest BCUT2D eigenvalue weighted by Crippen LogP contribution is 2.35. The van der Waals surface area contributed by atoms with Gasteiger partial charge in [0, 0.05) is 5.69 Å². The van der Waals surface area contributed by atoms with E-state index in [1.165, 1.54) is 12.0 Å². The standard InChI is InChI=1S/C33H36N2O6S/c1-20(2)26-11-7-21(3)15-28(26)40-14-13-35-32(37)30(42-33(35)38)18-24-9-12-27(29(17-24)39-6)41-19-31(36)34-25-10-8-22(4)23(5)16-25/h7-12,15-18,20H,13-14,19H2,1-6H3,(H,34,36)/b30-18-. The van der Waals surface area contributed by atoms with Crippen molar-refractivity contribution in [1.29, 1.82) is 0 Å². The maximum Gasteiger partial charge on any atom is 0.293 e. The van der Waals surface area contributed by atoms with E-state index in [0.717, 1.165) is 39.8 Å². The lowest BCUT2D eigenvalue weighted by molar-refractivity contribution is -0.123. The first kappa shape index (κ1) is 30.7. The first-order valence-corrected chi connectivity index (χ1v) is 14.5. The highest BCUT2D eigenvalue weighted by molar-refractivity contribution is 8.18. The van der Waals surface area contributed by atoms with Crippen LogP contribution in [-0.2, 0) is 9.59 Å². The summed E-state index contributed by atoms with van der Waals surface area (Å²) in [5.41, 5.74) is 5.74. The van der Waals surface area contributed by atoms with E-state index in [4.69, 9.17) is 14.2 Å². The van der Waals surface area contributed by atoms with E-state index in [1.807, 2.05) is 57.2 Å². The van der Waals surface area contributed by atoms with Gasteiger partial charge < -0.3 is 19.5 Å². The molecule has 0 radical (unpaired) electrons. The number of amides is 3. The first-order valence-electron chi connectivity index (χ1n) is 13.7. The van der Waals surface area contributed by atoms with Gasteiger partial charge in [-0.1, -0.05) is 38.1 Å². The van der Waals surface area contributed by atoms with Gasteiger partial charge >= 0.3 is 0 Å². The number of hydrogen-bond acceptors (Lipinski definition) is 7. The molecule has 3 amide bonds. The van der Waals surface area contributed by atoms with E-state index < -0.39 is 0 Å². The van der Waals surface area contributed by atoms with Gasteiger partial charge in [0.1, 0.15) is 12.4 Å². The van der Waals surface area contributed by atoms with Crippen molar-refractivity contribution < 1.29 is 28.6 Å². The minimum atomic E-state index is -0.371. The summed E-state index contributed by atoms with van der Waals surface area (Å²) in [4.78, 5) is 39.6. The summed E-state index contributed by atoms with van der Waals surface area (Å²) in [7, 11) is 1.49. The lowest BCUT2D eigenvalue weighted by Crippen LogP contribution is -2.32. The molecule has 0 spiro atoms. The lowest BCUT2D eigenvalue weighted by atomic mass is 10.0. The topological polar surface area (TPSA) is 94.2 Å². The Bertz CT molecular complexity index is 1530. The van der Waals surface area contributed by atoms with Crippen molar-refractivity contribution in [3.8, 4) is 17.2 Å². The van der Waals surface area contributed by atoms with Crippen LogP contribution in [0.25, 0.3) is 6.08 Å². The average molecular weight is 589 g/mol. The summed E-state index contributed by atoms with van der Waals surface area (Å²) in [6.07, 6.45) is 1.64. The molecule has 3 aromatic rings. The molecule has 1 aliphatic rings. The van der Waals surface area contributed by atoms with Gasteiger partial charge in [-0.25, -0.2) is 0 Å². The summed E-state index contributed by atoms with van der Waals surface area (Å²) in [6.45, 7) is 10.3. The highest BCUT2D eigenvalue weighted by Gasteiger charge is 2.35. The molecular weight excluding hydrogens is 552 g/mol. The van der Waals surface area contributed by atoms with Crippen LogP contribution in [0.4, 0.5) is 10.5 Å². The molecule has 4 rings (SSSR count). The van der Waals surface area contributed by atoms with Gasteiger partial charge in [0.2, 0.25) is 0 Å². The van der Waals surface area contributed by atoms with E-state index in [1.54, 1.807) is 24.3 Å². The Balaban J connectivity index is 1.36. The van der Waals surface area contributed by atoms with E-state index >= 15 is 0 Å². The Labute approximate surface area is 251 Å². The maximum absolute atomic E-state index is 13.0. The van der Waals surface area contributed by atoms with Gasteiger partial charge in [0.15, 0.2) is 18.1 Å². The van der Waals surface area contributed by atoms with E-state index in [-0.39, 0.29) is 42.7 Å². The fourth-order valence-corrected chi connectivity index (χ4v) is 5.25. The van der Waals surface area contributed by atoms with Crippen LogP contribution in [0.2, 0.25) is 0 Å². The largest absolute Gasteiger partial charge is 0.493 e. The van der Waals surface area contributed by atoms with E-state index in [0.29, 0.717) is 27.7 Å². The zero-order chi connectivity index (χ0) is 30.4. The molecule has 0 saturated carbocycles. The fraction of sp³-hybridized carbons (Fsp3) is 0.303. The van der Waals surface area contributed by atoms with Crippen LogP contribution in [0.15, 0.2) is 59.5 Å². The molecule has 0 bridgehead atoms. The van der Waals surface area contributed by atoms with Crippen molar-refractivity contribution in [3.63, 3.8) is 0 Å². The predicted molar refractivity (Wildman–Crippen MR) is 166 cm³/mol. The molecule has 0 atom stereocenters. The molecule has 0 aliphatic carbocycles. The van der Waals surface area contributed by atoms with Crippen molar-refractivity contribution in [2.24, 2.45) is 0 Å². The number of carbonyl (C=O) groups is 3. The molecule has 9 heteroatoms. The Hall–Kier alpha value is -4.24. The van der Waals surface area contributed by atoms with Gasteiger partial charge in [0.05, 0.1) is 18.6 Å². The van der Waals surface area contributed by atoms with Gasteiger partial charge in [0.25, 0.3) is 17.1 Å². The summed E-state index contributed by atoms with van der Waals surface area (Å²) >= 11 is 0.886. The van der Waals surface area contributed by atoms with Crippen LogP contribution in [-0.4, -0.2) is 48.8 Å². The third-order valence-electron chi connectivity index (χ3n) is 6.87. The molecule has 42 heavy (non-hydrogen) atoms. The van der Waals surface area contributed by atoms with Gasteiger partial charge in [-0.2, -0.15) is 0 Å². The molecule has 1 fully saturated rings. The maximum atomic E-state index is 13.0. The van der Waals surface area contributed by atoms with Crippen LogP contribution >= 0.6 is 11.8 Å². The third-order valence-corrected chi connectivity index (χ3v) is 7.78. The SMILES string of the molecule is COc1cc(/C=C2\SC(=O)N(CCOc3cc(C)ccc3C(C)C)C2=O)ccc1OCC(=O)Nc1ccc(C)c(C)c1. The van der Waals surface area contributed by atoms with Crippen LogP contribution in [0.3, 0.4) is 0 Å². The number of anilines is 1. The molecular formula is C33H36N2O6S. The zero-order valence-electron chi connectivity index (χ0n) is 24.8. The van der Waals surface area contributed by atoms with Gasteiger partial charge in [-0.3, -0.25) is 19.3 Å². The van der Waals surface area contributed by atoms with Crippen LogP contribution in [0, 0.1) is 20.8 Å². The summed E-state index contributed by atoms with van der Waals surface area (Å²) in [5.74, 6) is 1.16. The van der Waals surface area contributed by atoms with Crippen molar-refractivity contribution in [2.45, 2.75) is 40.5 Å². The summed E-state index contributed by atoms with van der Waals surface area (Å²) < 4.78 is 17.1. The lowest BCUT2D eigenvalue weighted by Gasteiger charge is -2.17. The molecule has 1 saturated heterocycles. The normalized spacial score (nSPS) is 14.1. The molecule has 8 nitrogen and oxygen atoms in total. The molecule has 1 aliphatic heterocycles. The Morgan fingerprint density at radius 3 is 2.43 bits per heavy atom. The number of carbonyl (C=O) groups excluding carboxylic acids is 3. The molecule has 220 valence electrons. The second-order valence-electron chi connectivity index (χ2n) is 10.4. The first-order chi connectivity index (χ1) is 20.0. The van der Waals surface area contributed by atoms with Crippen LogP contribution in [0.5, 0.6) is 17.2 Å². The van der Waals surface area contributed by atoms with Gasteiger partial charge in [-0.05, 0) is 103 Å². The second-order valence-corrected chi connectivity index (χ2v) is 11.4. The number of methoxy groups -OCH3 is 1. The second kappa shape index (κ2) is 13.6. The molecule has 0 unspecified atom stereocenters. The number of rotatable bonds is 11. The summed E-state index contributed by atoms with van der Waals surface area (Å²) in [6, 6.07) is 16.9.